The quantitative estimate of drug-likeness (QED) is 0.734. The highest BCUT2D eigenvalue weighted by Crippen LogP contribution is 2.30. The van der Waals surface area contributed by atoms with E-state index in [4.69, 9.17) is 16.1 Å². The number of rotatable bonds is 4. The van der Waals surface area contributed by atoms with Crippen molar-refractivity contribution in [2.24, 2.45) is 0 Å². The van der Waals surface area contributed by atoms with Crippen LogP contribution >= 0.6 is 11.6 Å². The van der Waals surface area contributed by atoms with Crippen LogP contribution in [0.5, 0.6) is 0 Å². The number of hydrogen-bond acceptors (Lipinski definition) is 4. The Kier molecular flexibility index (Phi) is 4.95. The number of aryl methyl sites for hydroxylation is 3. The van der Waals surface area contributed by atoms with Crippen molar-refractivity contribution in [3.63, 3.8) is 0 Å². The zero-order chi connectivity index (χ0) is 18.8. The second-order valence-corrected chi connectivity index (χ2v) is 6.48. The third-order valence-corrected chi connectivity index (χ3v) is 4.47. The Morgan fingerprint density at radius 3 is 2.69 bits per heavy atom. The summed E-state index contributed by atoms with van der Waals surface area (Å²) >= 11 is 6.22. The lowest BCUT2D eigenvalue weighted by Crippen LogP contribution is -2.28. The predicted molar refractivity (Wildman–Crippen MR) is 99.4 cm³/mol. The van der Waals surface area contributed by atoms with Crippen LogP contribution in [0.15, 0.2) is 39.6 Å². The molecule has 2 heterocycles. The molecule has 1 aromatic carbocycles. The Bertz CT molecular complexity index is 1040. The lowest BCUT2D eigenvalue weighted by molar-refractivity contribution is 0.0950. The maximum absolute atomic E-state index is 12.7. The maximum Gasteiger partial charge on any atom is 0.257 e. The minimum Gasteiger partial charge on any atom is -0.360 e. The number of hydrogen-bond donors (Lipinski definition) is 2. The molecular formula is C19H18ClN3O3. The first-order chi connectivity index (χ1) is 12.4. The van der Waals surface area contributed by atoms with Crippen molar-refractivity contribution in [2.45, 2.75) is 27.3 Å². The number of nitrogens with one attached hydrogen (secondary N) is 2. The van der Waals surface area contributed by atoms with E-state index in [1.54, 1.807) is 25.1 Å². The lowest BCUT2D eigenvalue weighted by atomic mass is 10.1. The number of H-pyrrole nitrogens is 1. The van der Waals surface area contributed by atoms with Crippen LogP contribution in [0.1, 0.15) is 32.9 Å². The summed E-state index contributed by atoms with van der Waals surface area (Å²) in [5, 5.41) is 7.23. The van der Waals surface area contributed by atoms with Crippen LogP contribution < -0.4 is 10.9 Å². The number of benzene rings is 1. The summed E-state index contributed by atoms with van der Waals surface area (Å²) in [7, 11) is 0. The minimum atomic E-state index is -0.377. The first-order valence-corrected chi connectivity index (χ1v) is 8.45. The molecule has 2 aromatic heterocycles. The number of pyridine rings is 1. The number of halogens is 1. The van der Waals surface area contributed by atoms with Crippen LogP contribution in [0.3, 0.4) is 0 Å². The van der Waals surface area contributed by atoms with Crippen LogP contribution in [0, 0.1) is 20.8 Å². The molecule has 0 fully saturated rings. The van der Waals surface area contributed by atoms with Gasteiger partial charge in [-0.15, -0.1) is 0 Å². The molecule has 7 heteroatoms. The van der Waals surface area contributed by atoms with Crippen LogP contribution in [0.25, 0.3) is 11.3 Å². The normalized spacial score (nSPS) is 10.8. The largest absolute Gasteiger partial charge is 0.360 e. The molecule has 0 saturated heterocycles. The van der Waals surface area contributed by atoms with Gasteiger partial charge in [-0.3, -0.25) is 9.59 Å². The van der Waals surface area contributed by atoms with Gasteiger partial charge in [-0.2, -0.15) is 0 Å². The molecule has 0 aliphatic carbocycles. The van der Waals surface area contributed by atoms with Gasteiger partial charge in [-0.05, 0) is 38.5 Å². The topological polar surface area (TPSA) is 88.0 Å². The van der Waals surface area contributed by atoms with E-state index in [1.807, 2.05) is 26.0 Å². The molecule has 0 spiro atoms. The third-order valence-electron chi connectivity index (χ3n) is 4.14. The number of aromatic amines is 1. The van der Waals surface area contributed by atoms with Gasteiger partial charge in [-0.25, -0.2) is 0 Å². The second-order valence-electron chi connectivity index (χ2n) is 6.07. The van der Waals surface area contributed by atoms with E-state index < -0.39 is 0 Å². The number of carbonyl (C=O) groups is 1. The van der Waals surface area contributed by atoms with Crippen molar-refractivity contribution in [2.75, 3.05) is 0 Å². The van der Waals surface area contributed by atoms with E-state index in [1.165, 1.54) is 0 Å². The highest BCUT2D eigenvalue weighted by molar-refractivity contribution is 6.33. The zero-order valence-corrected chi connectivity index (χ0v) is 15.4. The molecule has 0 aliphatic heterocycles. The zero-order valence-electron chi connectivity index (χ0n) is 14.6. The molecule has 0 atom stereocenters. The number of aromatic nitrogens is 2. The summed E-state index contributed by atoms with van der Waals surface area (Å²) in [4.78, 5) is 27.6. The van der Waals surface area contributed by atoms with Gasteiger partial charge in [0, 0.05) is 23.4 Å². The van der Waals surface area contributed by atoms with Gasteiger partial charge < -0.3 is 14.8 Å². The smallest absolute Gasteiger partial charge is 0.257 e. The molecule has 0 unspecified atom stereocenters. The SMILES string of the molecule is Cc1cc(C)c(CNC(=O)c2c(-c3ccccc3Cl)noc2C)c(=O)[nH]1. The van der Waals surface area contributed by atoms with Crippen LogP contribution in [0.2, 0.25) is 5.02 Å². The van der Waals surface area contributed by atoms with Gasteiger partial charge in [0.25, 0.3) is 11.5 Å². The van der Waals surface area contributed by atoms with Crippen molar-refractivity contribution in [1.29, 1.82) is 0 Å². The van der Waals surface area contributed by atoms with E-state index in [9.17, 15) is 9.59 Å². The predicted octanol–water partition coefficient (Wildman–Crippen LogP) is 3.54. The van der Waals surface area contributed by atoms with Crippen LogP contribution in [-0.2, 0) is 6.54 Å². The molecule has 0 radical (unpaired) electrons. The van der Waals surface area contributed by atoms with Crippen molar-refractivity contribution in [1.82, 2.24) is 15.5 Å². The molecule has 0 bridgehead atoms. The van der Waals surface area contributed by atoms with Crippen molar-refractivity contribution in [3.05, 3.63) is 73.9 Å². The molecule has 1 amide bonds. The van der Waals surface area contributed by atoms with E-state index in [2.05, 4.69) is 15.5 Å². The summed E-state index contributed by atoms with van der Waals surface area (Å²) in [5.74, 6) is 0.00463. The molecule has 6 nitrogen and oxygen atoms in total. The monoisotopic (exact) mass is 371 g/mol. The van der Waals surface area contributed by atoms with Gasteiger partial charge in [-0.1, -0.05) is 35.0 Å². The van der Waals surface area contributed by atoms with Crippen molar-refractivity contribution >= 4 is 17.5 Å². The molecule has 26 heavy (non-hydrogen) atoms. The molecule has 3 rings (SSSR count). The summed E-state index contributed by atoms with van der Waals surface area (Å²) in [5.41, 5.74) is 3.19. The fraction of sp³-hybridized carbons (Fsp3) is 0.211. The minimum absolute atomic E-state index is 0.104. The first kappa shape index (κ1) is 17.9. The van der Waals surface area contributed by atoms with Crippen LogP contribution in [-0.4, -0.2) is 16.0 Å². The van der Waals surface area contributed by atoms with E-state index in [0.717, 1.165) is 11.3 Å². The maximum atomic E-state index is 12.7. The van der Waals surface area contributed by atoms with Crippen molar-refractivity contribution in [3.8, 4) is 11.3 Å². The number of nitrogens with zero attached hydrogens (tertiary/aromatic N) is 1. The molecule has 2 N–H and O–H groups in total. The Hall–Kier alpha value is -2.86. The molecule has 134 valence electrons. The van der Waals surface area contributed by atoms with E-state index in [0.29, 0.717) is 33.2 Å². The average Bonchev–Trinajstić information content (AvgIpc) is 2.95. The molecule has 0 aliphatic rings. The summed E-state index contributed by atoms with van der Waals surface area (Å²) in [6.07, 6.45) is 0. The molecule has 3 aromatic rings. The Balaban J connectivity index is 1.89. The fourth-order valence-corrected chi connectivity index (χ4v) is 3.06. The van der Waals surface area contributed by atoms with E-state index in [-0.39, 0.29) is 18.0 Å². The highest BCUT2D eigenvalue weighted by atomic mass is 35.5. The van der Waals surface area contributed by atoms with Gasteiger partial charge >= 0.3 is 0 Å². The summed E-state index contributed by atoms with van der Waals surface area (Å²) in [6.45, 7) is 5.41. The number of amides is 1. The Morgan fingerprint density at radius 2 is 2.00 bits per heavy atom. The summed E-state index contributed by atoms with van der Waals surface area (Å²) in [6, 6.07) is 8.96. The van der Waals surface area contributed by atoms with Gasteiger partial charge in [0.15, 0.2) is 0 Å². The fourth-order valence-electron chi connectivity index (χ4n) is 2.83. The van der Waals surface area contributed by atoms with Gasteiger partial charge in [0.05, 0.1) is 5.02 Å². The van der Waals surface area contributed by atoms with Crippen molar-refractivity contribution < 1.29 is 9.32 Å². The Morgan fingerprint density at radius 1 is 1.27 bits per heavy atom. The van der Waals surface area contributed by atoms with Gasteiger partial charge in [0.2, 0.25) is 0 Å². The first-order valence-electron chi connectivity index (χ1n) is 8.07. The Labute approximate surface area is 155 Å². The molecule has 0 saturated carbocycles. The average molecular weight is 372 g/mol. The third kappa shape index (κ3) is 3.41. The lowest BCUT2D eigenvalue weighted by Gasteiger charge is -2.09. The van der Waals surface area contributed by atoms with Crippen LogP contribution in [0.4, 0.5) is 0 Å². The second kappa shape index (κ2) is 7.17. The highest BCUT2D eigenvalue weighted by Gasteiger charge is 2.23. The standard InChI is InChI=1S/C19H18ClN3O3/c1-10-8-11(2)22-18(24)14(10)9-21-19(25)16-12(3)26-23-17(16)13-6-4-5-7-15(13)20/h4-8H,9H2,1-3H3,(H,21,25)(H,22,24). The summed E-state index contributed by atoms with van der Waals surface area (Å²) < 4.78 is 5.20. The van der Waals surface area contributed by atoms with Gasteiger partial charge in [0.1, 0.15) is 17.0 Å². The molecular weight excluding hydrogens is 354 g/mol. The van der Waals surface area contributed by atoms with E-state index >= 15 is 0 Å². The number of carbonyl (C=O) groups excluding carboxylic acids is 1.